The molecular weight excluding hydrogens is 293 g/mol. The van der Waals surface area contributed by atoms with Gasteiger partial charge in [-0.2, -0.15) is 0 Å². The summed E-state index contributed by atoms with van der Waals surface area (Å²) in [6.07, 6.45) is 7.60. The highest BCUT2D eigenvalue weighted by molar-refractivity contribution is 9.10. The van der Waals surface area contributed by atoms with Gasteiger partial charge >= 0.3 is 0 Å². The van der Waals surface area contributed by atoms with Gasteiger partial charge in [0.25, 0.3) is 0 Å². The second-order valence-electron chi connectivity index (χ2n) is 4.87. The Morgan fingerprint density at radius 2 is 1.94 bits per heavy atom. The molecule has 0 amide bonds. The Morgan fingerprint density at radius 1 is 1.22 bits per heavy atom. The van der Waals surface area contributed by atoms with E-state index < -0.39 is 0 Å². The molecule has 0 aromatic heterocycles. The highest BCUT2D eigenvalue weighted by Crippen LogP contribution is 2.24. The van der Waals surface area contributed by atoms with Gasteiger partial charge < -0.3 is 5.32 Å². The third-order valence-electron chi connectivity index (χ3n) is 3.07. The maximum absolute atomic E-state index is 13.1. The van der Waals surface area contributed by atoms with Gasteiger partial charge in [0.1, 0.15) is 5.82 Å². The van der Waals surface area contributed by atoms with Gasteiger partial charge in [0, 0.05) is 10.5 Å². The molecule has 1 nitrogen and oxygen atoms in total. The Balaban J connectivity index is 2.30. The Bertz CT molecular complexity index is 354. The van der Waals surface area contributed by atoms with Crippen molar-refractivity contribution in [3.05, 3.63) is 28.5 Å². The van der Waals surface area contributed by atoms with Crippen molar-refractivity contribution in [3.8, 4) is 0 Å². The van der Waals surface area contributed by atoms with E-state index in [1.54, 1.807) is 6.07 Å². The van der Waals surface area contributed by atoms with Crippen LogP contribution in [0.2, 0.25) is 0 Å². The monoisotopic (exact) mass is 315 g/mol. The summed E-state index contributed by atoms with van der Waals surface area (Å²) in [5.74, 6) is -0.198. The predicted molar refractivity (Wildman–Crippen MR) is 80.6 cm³/mol. The summed E-state index contributed by atoms with van der Waals surface area (Å²) in [4.78, 5) is 0. The fourth-order valence-corrected chi connectivity index (χ4v) is 2.36. The first kappa shape index (κ1) is 15.5. The Hall–Kier alpha value is -0.570. The second kappa shape index (κ2) is 8.52. The summed E-state index contributed by atoms with van der Waals surface area (Å²) in [5, 5.41) is 3.36. The smallest absolute Gasteiger partial charge is 0.125 e. The quantitative estimate of drug-likeness (QED) is 0.602. The molecule has 1 N–H and O–H groups in total. The van der Waals surface area contributed by atoms with Crippen molar-refractivity contribution < 1.29 is 4.39 Å². The van der Waals surface area contributed by atoms with Crippen molar-refractivity contribution in [3.63, 3.8) is 0 Å². The van der Waals surface area contributed by atoms with Gasteiger partial charge in [-0.05, 0) is 47.5 Å². The minimum Gasteiger partial charge on any atom is -0.382 e. The first-order valence-electron chi connectivity index (χ1n) is 6.85. The standard InChI is InChI=1S/C15H23BrFN/c1-3-4-5-6-7-8-12(2)18-15-11-13(17)9-10-14(15)16/h9-12,18H,3-8H2,1-2H3. The Morgan fingerprint density at radius 3 is 2.67 bits per heavy atom. The number of hydrogen-bond donors (Lipinski definition) is 1. The minimum atomic E-state index is -0.198. The van der Waals surface area contributed by atoms with Crippen LogP contribution >= 0.6 is 15.9 Å². The third-order valence-corrected chi connectivity index (χ3v) is 3.76. The van der Waals surface area contributed by atoms with Crippen LogP contribution in [0.3, 0.4) is 0 Å². The maximum Gasteiger partial charge on any atom is 0.125 e. The van der Waals surface area contributed by atoms with Crippen molar-refractivity contribution in [2.75, 3.05) is 5.32 Å². The van der Waals surface area contributed by atoms with Gasteiger partial charge in [-0.3, -0.25) is 0 Å². The zero-order valence-electron chi connectivity index (χ0n) is 11.3. The van der Waals surface area contributed by atoms with E-state index in [4.69, 9.17) is 0 Å². The first-order chi connectivity index (χ1) is 8.63. The van der Waals surface area contributed by atoms with E-state index in [0.29, 0.717) is 6.04 Å². The SMILES string of the molecule is CCCCCCCC(C)Nc1cc(F)ccc1Br. The van der Waals surface area contributed by atoms with Crippen molar-refractivity contribution in [1.29, 1.82) is 0 Å². The summed E-state index contributed by atoms with van der Waals surface area (Å²) in [5.41, 5.74) is 0.844. The van der Waals surface area contributed by atoms with Crippen LogP contribution in [-0.2, 0) is 0 Å². The summed E-state index contributed by atoms with van der Waals surface area (Å²) >= 11 is 3.43. The molecule has 0 fully saturated rings. The van der Waals surface area contributed by atoms with E-state index in [0.717, 1.165) is 16.6 Å². The molecule has 1 aromatic rings. The van der Waals surface area contributed by atoms with E-state index in [-0.39, 0.29) is 5.82 Å². The van der Waals surface area contributed by atoms with Crippen LogP contribution in [-0.4, -0.2) is 6.04 Å². The van der Waals surface area contributed by atoms with Crippen LogP contribution < -0.4 is 5.32 Å². The summed E-state index contributed by atoms with van der Waals surface area (Å²) in [7, 11) is 0. The molecule has 1 unspecified atom stereocenters. The first-order valence-corrected chi connectivity index (χ1v) is 7.64. The number of benzene rings is 1. The zero-order chi connectivity index (χ0) is 13.4. The topological polar surface area (TPSA) is 12.0 Å². The lowest BCUT2D eigenvalue weighted by molar-refractivity contribution is 0.577. The molecule has 0 aliphatic carbocycles. The lowest BCUT2D eigenvalue weighted by atomic mass is 10.1. The van der Waals surface area contributed by atoms with Crippen LogP contribution in [0.5, 0.6) is 0 Å². The molecule has 0 aliphatic heterocycles. The predicted octanol–water partition coefficient (Wildman–Crippen LogP) is 5.75. The molecule has 1 atom stereocenters. The van der Waals surface area contributed by atoms with Crippen LogP contribution in [0.4, 0.5) is 10.1 Å². The van der Waals surface area contributed by atoms with E-state index in [1.165, 1.54) is 44.2 Å². The van der Waals surface area contributed by atoms with E-state index in [2.05, 4.69) is 35.1 Å². The summed E-state index contributed by atoms with van der Waals surface area (Å²) < 4.78 is 14.0. The fourth-order valence-electron chi connectivity index (χ4n) is 2.00. The van der Waals surface area contributed by atoms with Gasteiger partial charge in [-0.15, -0.1) is 0 Å². The lowest BCUT2D eigenvalue weighted by Gasteiger charge is -2.16. The molecule has 102 valence electrons. The van der Waals surface area contributed by atoms with Gasteiger partial charge in [-0.25, -0.2) is 4.39 Å². The largest absolute Gasteiger partial charge is 0.382 e. The molecule has 3 heteroatoms. The van der Waals surface area contributed by atoms with Crippen LogP contribution in [0, 0.1) is 5.82 Å². The average Bonchev–Trinajstić information content (AvgIpc) is 2.33. The number of halogens is 2. The molecule has 1 rings (SSSR count). The summed E-state index contributed by atoms with van der Waals surface area (Å²) in [6.45, 7) is 4.38. The number of hydrogen-bond acceptors (Lipinski definition) is 1. The van der Waals surface area contributed by atoms with Crippen LogP contribution in [0.1, 0.15) is 52.4 Å². The minimum absolute atomic E-state index is 0.198. The number of nitrogens with one attached hydrogen (secondary N) is 1. The van der Waals surface area contributed by atoms with E-state index in [1.807, 2.05) is 0 Å². The second-order valence-corrected chi connectivity index (χ2v) is 5.73. The normalized spacial score (nSPS) is 12.4. The highest BCUT2D eigenvalue weighted by atomic mass is 79.9. The van der Waals surface area contributed by atoms with Crippen molar-refractivity contribution >= 4 is 21.6 Å². The van der Waals surface area contributed by atoms with E-state index >= 15 is 0 Å². The van der Waals surface area contributed by atoms with Crippen molar-refractivity contribution in [2.24, 2.45) is 0 Å². The third kappa shape index (κ3) is 5.85. The number of anilines is 1. The number of rotatable bonds is 8. The molecule has 1 aromatic carbocycles. The van der Waals surface area contributed by atoms with Gasteiger partial charge in [-0.1, -0.05) is 39.0 Å². The molecule has 18 heavy (non-hydrogen) atoms. The lowest BCUT2D eigenvalue weighted by Crippen LogP contribution is -2.15. The van der Waals surface area contributed by atoms with Gasteiger partial charge in [0.15, 0.2) is 0 Å². The number of unbranched alkanes of at least 4 members (excludes halogenated alkanes) is 4. The molecule has 0 radical (unpaired) electrons. The molecule has 0 bridgehead atoms. The fraction of sp³-hybridized carbons (Fsp3) is 0.600. The highest BCUT2D eigenvalue weighted by Gasteiger charge is 2.06. The van der Waals surface area contributed by atoms with Crippen molar-refractivity contribution in [1.82, 2.24) is 0 Å². The zero-order valence-corrected chi connectivity index (χ0v) is 12.9. The van der Waals surface area contributed by atoms with Gasteiger partial charge in [0.05, 0.1) is 5.69 Å². The van der Waals surface area contributed by atoms with E-state index in [9.17, 15) is 4.39 Å². The Kier molecular flexibility index (Phi) is 7.33. The maximum atomic E-state index is 13.1. The van der Waals surface area contributed by atoms with Crippen LogP contribution in [0.15, 0.2) is 22.7 Å². The molecule has 0 aliphatic rings. The van der Waals surface area contributed by atoms with Gasteiger partial charge in [0.2, 0.25) is 0 Å². The van der Waals surface area contributed by atoms with Crippen LogP contribution in [0.25, 0.3) is 0 Å². The Labute approximate surface area is 118 Å². The molecule has 0 heterocycles. The van der Waals surface area contributed by atoms with Crippen molar-refractivity contribution in [2.45, 2.75) is 58.4 Å². The molecular formula is C15H23BrFN. The summed E-state index contributed by atoms with van der Waals surface area (Å²) in [6, 6.07) is 5.12. The average molecular weight is 316 g/mol. The molecule has 0 saturated heterocycles. The molecule has 0 spiro atoms. The molecule has 0 saturated carbocycles.